The maximum Gasteiger partial charge on any atom is 0.416 e. The van der Waals surface area contributed by atoms with Crippen molar-refractivity contribution in [3.05, 3.63) is 35.0 Å². The van der Waals surface area contributed by atoms with Crippen molar-refractivity contribution < 1.29 is 17.9 Å². The van der Waals surface area contributed by atoms with Crippen LogP contribution in [0.2, 0.25) is 5.02 Å². The monoisotopic (exact) mass is 332 g/mol. The van der Waals surface area contributed by atoms with Gasteiger partial charge in [-0.2, -0.15) is 18.2 Å². The molecule has 118 valence electrons. The number of aromatic nitrogens is 2. The normalized spacial score (nSPS) is 11.2. The molecule has 0 bridgehead atoms. The highest BCUT2D eigenvalue weighted by molar-refractivity contribution is 6.32. The van der Waals surface area contributed by atoms with Crippen LogP contribution in [0.3, 0.4) is 0 Å². The zero-order valence-corrected chi connectivity index (χ0v) is 12.4. The Balaban J connectivity index is 2.39. The number of hydrogen-bond acceptors (Lipinski definition) is 5. The molecule has 2 rings (SSSR count). The largest absolute Gasteiger partial charge is 0.495 e. The number of methoxy groups -OCH3 is 1. The first-order valence-electron chi connectivity index (χ1n) is 6.07. The molecule has 9 heteroatoms. The highest BCUT2D eigenvalue weighted by Crippen LogP contribution is 2.36. The van der Waals surface area contributed by atoms with Crippen molar-refractivity contribution in [2.24, 2.45) is 0 Å². The SMILES string of the molecule is CNc1nc(Nc2cc(C(F)(F)F)ccc2OC)ncc1Cl. The number of nitrogens with one attached hydrogen (secondary N) is 2. The summed E-state index contributed by atoms with van der Waals surface area (Å²) >= 11 is 5.85. The molecule has 22 heavy (non-hydrogen) atoms. The van der Waals surface area contributed by atoms with Gasteiger partial charge in [0.1, 0.15) is 16.6 Å². The summed E-state index contributed by atoms with van der Waals surface area (Å²) in [7, 11) is 2.97. The van der Waals surface area contributed by atoms with Gasteiger partial charge in [-0.05, 0) is 18.2 Å². The van der Waals surface area contributed by atoms with Crippen molar-refractivity contribution in [3.63, 3.8) is 0 Å². The third kappa shape index (κ3) is 3.51. The van der Waals surface area contributed by atoms with Crippen LogP contribution in [0.15, 0.2) is 24.4 Å². The molecule has 2 N–H and O–H groups in total. The standard InChI is InChI=1S/C13H12ClF3N4O/c1-18-11-8(14)6-19-12(21-11)20-9-5-7(13(15,16)17)3-4-10(9)22-2/h3-6H,1-2H3,(H2,18,19,20,21). The van der Waals surface area contributed by atoms with Gasteiger partial charge in [-0.1, -0.05) is 11.6 Å². The molecule has 0 aliphatic rings. The Kier molecular flexibility index (Phi) is 4.60. The van der Waals surface area contributed by atoms with Crippen molar-refractivity contribution in [1.82, 2.24) is 9.97 Å². The Morgan fingerprint density at radius 1 is 1.27 bits per heavy atom. The molecule has 0 saturated carbocycles. The number of benzene rings is 1. The smallest absolute Gasteiger partial charge is 0.416 e. The summed E-state index contributed by atoms with van der Waals surface area (Å²) in [6, 6.07) is 3.08. The molecule has 0 fully saturated rings. The lowest BCUT2D eigenvalue weighted by atomic mass is 10.2. The number of rotatable bonds is 4. The fourth-order valence-corrected chi connectivity index (χ4v) is 1.89. The van der Waals surface area contributed by atoms with Crippen LogP contribution in [0.25, 0.3) is 0 Å². The van der Waals surface area contributed by atoms with Gasteiger partial charge in [0.25, 0.3) is 0 Å². The Morgan fingerprint density at radius 3 is 2.59 bits per heavy atom. The lowest BCUT2D eigenvalue weighted by Gasteiger charge is -2.14. The van der Waals surface area contributed by atoms with Gasteiger partial charge in [0.05, 0.1) is 24.6 Å². The number of alkyl halides is 3. The number of ether oxygens (including phenoxy) is 1. The lowest BCUT2D eigenvalue weighted by Crippen LogP contribution is -2.07. The molecule has 0 aliphatic heterocycles. The van der Waals surface area contributed by atoms with Gasteiger partial charge in [0, 0.05) is 7.05 Å². The minimum atomic E-state index is -4.46. The van der Waals surface area contributed by atoms with Gasteiger partial charge in [-0.3, -0.25) is 0 Å². The van der Waals surface area contributed by atoms with Gasteiger partial charge >= 0.3 is 6.18 Å². The lowest BCUT2D eigenvalue weighted by molar-refractivity contribution is -0.137. The van der Waals surface area contributed by atoms with E-state index in [9.17, 15) is 13.2 Å². The number of nitrogens with zero attached hydrogens (tertiary/aromatic N) is 2. The van der Waals surface area contributed by atoms with Crippen LogP contribution >= 0.6 is 11.6 Å². The van der Waals surface area contributed by atoms with Gasteiger partial charge in [-0.25, -0.2) is 4.98 Å². The first-order chi connectivity index (χ1) is 10.3. The summed E-state index contributed by atoms with van der Waals surface area (Å²) in [5.74, 6) is 0.675. The van der Waals surface area contributed by atoms with Crippen molar-refractivity contribution in [2.75, 3.05) is 24.8 Å². The summed E-state index contributed by atoms with van der Waals surface area (Å²) in [4.78, 5) is 7.97. The third-order valence-corrected chi connectivity index (χ3v) is 3.03. The first kappa shape index (κ1) is 16.2. The van der Waals surface area contributed by atoms with Crippen molar-refractivity contribution >= 4 is 29.1 Å². The molecule has 0 spiro atoms. The quantitative estimate of drug-likeness (QED) is 0.888. The average Bonchev–Trinajstić information content (AvgIpc) is 2.48. The van der Waals surface area contributed by atoms with E-state index >= 15 is 0 Å². The molecule has 0 amide bonds. The Hall–Kier alpha value is -2.22. The topological polar surface area (TPSA) is 59.1 Å². The van der Waals surface area contributed by atoms with E-state index in [1.807, 2.05) is 0 Å². The minimum Gasteiger partial charge on any atom is -0.495 e. The van der Waals surface area contributed by atoms with Gasteiger partial charge in [-0.15, -0.1) is 0 Å². The fourth-order valence-electron chi connectivity index (χ4n) is 1.71. The van der Waals surface area contributed by atoms with Crippen molar-refractivity contribution in [1.29, 1.82) is 0 Å². The molecular weight excluding hydrogens is 321 g/mol. The predicted molar refractivity (Wildman–Crippen MR) is 77.9 cm³/mol. The Morgan fingerprint density at radius 2 is 2.00 bits per heavy atom. The number of halogens is 4. The minimum absolute atomic E-state index is 0.0892. The average molecular weight is 333 g/mol. The highest BCUT2D eigenvalue weighted by atomic mass is 35.5. The van der Waals surface area contributed by atoms with E-state index in [1.165, 1.54) is 19.4 Å². The number of hydrogen-bond donors (Lipinski definition) is 2. The molecule has 0 radical (unpaired) electrons. The van der Waals surface area contributed by atoms with E-state index < -0.39 is 11.7 Å². The molecule has 5 nitrogen and oxygen atoms in total. The molecule has 2 aromatic rings. The first-order valence-corrected chi connectivity index (χ1v) is 6.45. The van der Waals surface area contributed by atoms with Crippen LogP contribution in [0, 0.1) is 0 Å². The van der Waals surface area contributed by atoms with Crippen molar-refractivity contribution in [2.45, 2.75) is 6.18 Å². The Labute approximate surface area is 129 Å². The second kappa shape index (κ2) is 6.27. The highest BCUT2D eigenvalue weighted by Gasteiger charge is 2.31. The van der Waals surface area contributed by atoms with Crippen molar-refractivity contribution in [3.8, 4) is 5.75 Å². The van der Waals surface area contributed by atoms with E-state index in [2.05, 4.69) is 20.6 Å². The van der Waals surface area contributed by atoms with E-state index in [-0.39, 0.29) is 17.4 Å². The summed E-state index contributed by atoms with van der Waals surface area (Å²) in [6.45, 7) is 0. The van der Waals surface area contributed by atoms with Crippen LogP contribution in [0.5, 0.6) is 5.75 Å². The van der Waals surface area contributed by atoms with Crippen LogP contribution in [0.1, 0.15) is 5.56 Å². The fraction of sp³-hybridized carbons (Fsp3) is 0.231. The molecule has 1 aromatic heterocycles. The van der Waals surface area contributed by atoms with Gasteiger partial charge < -0.3 is 15.4 Å². The molecule has 1 aromatic carbocycles. The summed E-state index contributed by atoms with van der Waals surface area (Å²) < 4.78 is 43.4. The van der Waals surface area contributed by atoms with E-state index in [4.69, 9.17) is 16.3 Å². The van der Waals surface area contributed by atoms with E-state index in [1.54, 1.807) is 7.05 Å². The molecule has 0 unspecified atom stereocenters. The zero-order chi connectivity index (χ0) is 16.3. The second-order valence-corrected chi connectivity index (χ2v) is 4.59. The van der Waals surface area contributed by atoms with E-state index in [0.717, 1.165) is 12.1 Å². The molecule has 0 atom stereocenters. The molecular formula is C13H12ClF3N4O. The summed E-state index contributed by atoms with van der Waals surface area (Å²) in [6.07, 6.45) is -3.12. The van der Waals surface area contributed by atoms with Crippen LogP contribution < -0.4 is 15.4 Å². The Bertz CT molecular complexity index is 679. The van der Waals surface area contributed by atoms with Gasteiger partial charge in [0.2, 0.25) is 5.95 Å². The number of anilines is 3. The van der Waals surface area contributed by atoms with Crippen LogP contribution in [-0.4, -0.2) is 24.1 Å². The molecule has 1 heterocycles. The summed E-state index contributed by atoms with van der Waals surface area (Å²) in [5.41, 5.74) is -0.708. The summed E-state index contributed by atoms with van der Waals surface area (Å²) in [5, 5.41) is 5.74. The van der Waals surface area contributed by atoms with Gasteiger partial charge in [0.15, 0.2) is 0 Å². The molecule has 0 aliphatic carbocycles. The van der Waals surface area contributed by atoms with Crippen LogP contribution in [-0.2, 0) is 6.18 Å². The zero-order valence-electron chi connectivity index (χ0n) is 11.6. The maximum absolute atomic E-state index is 12.8. The van der Waals surface area contributed by atoms with E-state index in [0.29, 0.717) is 10.8 Å². The second-order valence-electron chi connectivity index (χ2n) is 4.18. The van der Waals surface area contributed by atoms with Crippen LogP contribution in [0.4, 0.5) is 30.6 Å². The maximum atomic E-state index is 12.8. The predicted octanol–water partition coefficient (Wildman–Crippen LogP) is 3.94. The molecule has 0 saturated heterocycles. The third-order valence-electron chi connectivity index (χ3n) is 2.75.